The number of pyridine rings is 1. The minimum Gasteiger partial charge on any atom is -0.344 e. The molecule has 0 aliphatic rings. The Morgan fingerprint density at radius 1 is 1.00 bits per heavy atom. The van der Waals surface area contributed by atoms with Crippen LogP contribution >= 0.6 is 0 Å². The Balaban J connectivity index is 1.73. The number of carbonyl (C=O) groups is 1. The third-order valence-electron chi connectivity index (χ3n) is 5.29. The average molecular weight is 415 g/mol. The van der Waals surface area contributed by atoms with Gasteiger partial charge in [-0.1, -0.05) is 23.4 Å². The molecule has 4 rings (SSSR count). The number of carbonyl (C=O) groups excluding carboxylic acids is 1. The standard InChI is InChI=1S/C24H22FN5O/c1-15-4-9-21(14-16(15)2)30-23(19-10-12-26-13-11-19)22(28-29-30)24(31)27-17(3)18-5-7-20(25)8-6-18/h4-14,17H,1-3H3,(H,27,31)/t17-/m0/s1. The van der Waals surface area contributed by atoms with Crippen LogP contribution in [-0.4, -0.2) is 25.9 Å². The molecule has 0 radical (unpaired) electrons. The van der Waals surface area contributed by atoms with Crippen LogP contribution in [0.3, 0.4) is 0 Å². The first-order chi connectivity index (χ1) is 14.9. The lowest BCUT2D eigenvalue weighted by atomic mass is 10.1. The second kappa shape index (κ2) is 8.47. The van der Waals surface area contributed by atoms with Crippen molar-refractivity contribution < 1.29 is 9.18 Å². The first-order valence-electron chi connectivity index (χ1n) is 9.94. The molecule has 0 fully saturated rings. The molecule has 1 amide bonds. The predicted octanol–water partition coefficient (Wildman–Crippen LogP) is 4.58. The minimum absolute atomic E-state index is 0.207. The summed E-state index contributed by atoms with van der Waals surface area (Å²) in [4.78, 5) is 17.2. The number of aromatic nitrogens is 4. The maximum Gasteiger partial charge on any atom is 0.274 e. The van der Waals surface area contributed by atoms with Gasteiger partial charge in [0.25, 0.3) is 5.91 Å². The van der Waals surface area contributed by atoms with E-state index in [2.05, 4.69) is 20.6 Å². The van der Waals surface area contributed by atoms with Gasteiger partial charge < -0.3 is 5.32 Å². The fourth-order valence-electron chi connectivity index (χ4n) is 3.34. The Morgan fingerprint density at radius 2 is 1.71 bits per heavy atom. The Hall–Kier alpha value is -3.87. The highest BCUT2D eigenvalue weighted by Crippen LogP contribution is 2.26. The lowest BCUT2D eigenvalue weighted by molar-refractivity contribution is 0.0935. The van der Waals surface area contributed by atoms with E-state index in [9.17, 15) is 9.18 Å². The molecule has 0 spiro atoms. The number of nitrogens with zero attached hydrogens (tertiary/aromatic N) is 4. The summed E-state index contributed by atoms with van der Waals surface area (Å²) in [6, 6.07) is 15.3. The van der Waals surface area contributed by atoms with E-state index in [0.29, 0.717) is 5.69 Å². The lowest BCUT2D eigenvalue weighted by Crippen LogP contribution is -2.27. The molecule has 0 saturated heterocycles. The van der Waals surface area contributed by atoms with Gasteiger partial charge in [0.15, 0.2) is 5.69 Å². The van der Waals surface area contributed by atoms with Crippen molar-refractivity contribution in [3.05, 3.63) is 95.2 Å². The highest BCUT2D eigenvalue weighted by Gasteiger charge is 2.23. The molecule has 7 heteroatoms. The molecule has 0 saturated carbocycles. The first kappa shape index (κ1) is 20.4. The molecule has 0 aliphatic carbocycles. The van der Waals surface area contributed by atoms with Crippen LogP contribution in [0.2, 0.25) is 0 Å². The van der Waals surface area contributed by atoms with Crippen LogP contribution in [0.15, 0.2) is 67.0 Å². The molecule has 0 unspecified atom stereocenters. The molecule has 31 heavy (non-hydrogen) atoms. The smallest absolute Gasteiger partial charge is 0.274 e. The number of rotatable bonds is 5. The van der Waals surface area contributed by atoms with Crippen molar-refractivity contribution in [2.45, 2.75) is 26.8 Å². The summed E-state index contributed by atoms with van der Waals surface area (Å²) in [6.45, 7) is 5.91. The van der Waals surface area contributed by atoms with Crippen molar-refractivity contribution >= 4 is 5.91 Å². The molecule has 2 heterocycles. The number of halogens is 1. The van der Waals surface area contributed by atoms with Gasteiger partial charge in [-0.15, -0.1) is 5.10 Å². The Morgan fingerprint density at radius 3 is 2.39 bits per heavy atom. The van der Waals surface area contributed by atoms with E-state index in [1.165, 1.54) is 17.7 Å². The average Bonchev–Trinajstić information content (AvgIpc) is 3.22. The van der Waals surface area contributed by atoms with E-state index in [0.717, 1.165) is 22.4 Å². The van der Waals surface area contributed by atoms with Gasteiger partial charge >= 0.3 is 0 Å². The number of aryl methyl sites for hydroxylation is 2. The van der Waals surface area contributed by atoms with Crippen molar-refractivity contribution in [2.75, 3.05) is 0 Å². The normalized spacial score (nSPS) is 11.9. The summed E-state index contributed by atoms with van der Waals surface area (Å²) in [5.41, 5.74) is 5.45. The SMILES string of the molecule is Cc1ccc(-n2nnc(C(=O)N[C@@H](C)c3ccc(F)cc3)c2-c2ccncc2)cc1C. The van der Waals surface area contributed by atoms with Gasteiger partial charge in [-0.25, -0.2) is 9.07 Å². The summed E-state index contributed by atoms with van der Waals surface area (Å²) < 4.78 is 14.9. The Bertz CT molecular complexity index is 1220. The van der Waals surface area contributed by atoms with E-state index in [4.69, 9.17) is 0 Å². The number of hydrogen-bond donors (Lipinski definition) is 1. The van der Waals surface area contributed by atoms with Crippen LogP contribution in [0.4, 0.5) is 4.39 Å². The van der Waals surface area contributed by atoms with Crippen molar-refractivity contribution in [3.8, 4) is 16.9 Å². The predicted molar refractivity (Wildman–Crippen MR) is 116 cm³/mol. The molecule has 2 aromatic heterocycles. The third kappa shape index (κ3) is 4.21. The fraction of sp³-hybridized carbons (Fsp3) is 0.167. The fourth-order valence-corrected chi connectivity index (χ4v) is 3.34. The van der Waals surface area contributed by atoms with Crippen molar-refractivity contribution in [2.24, 2.45) is 0 Å². The number of nitrogens with one attached hydrogen (secondary N) is 1. The van der Waals surface area contributed by atoms with Gasteiger partial charge in [0.05, 0.1) is 11.7 Å². The molecule has 156 valence electrons. The van der Waals surface area contributed by atoms with Gasteiger partial charge in [-0.2, -0.15) is 0 Å². The number of hydrogen-bond acceptors (Lipinski definition) is 4. The zero-order valence-corrected chi connectivity index (χ0v) is 17.5. The number of amides is 1. The van der Waals surface area contributed by atoms with Crippen molar-refractivity contribution in [1.29, 1.82) is 0 Å². The van der Waals surface area contributed by atoms with Crippen LogP contribution in [-0.2, 0) is 0 Å². The molecular weight excluding hydrogens is 393 g/mol. The second-order valence-electron chi connectivity index (χ2n) is 7.45. The van der Waals surface area contributed by atoms with Crippen molar-refractivity contribution in [3.63, 3.8) is 0 Å². The monoisotopic (exact) mass is 415 g/mol. The Kier molecular flexibility index (Phi) is 5.58. The van der Waals surface area contributed by atoms with Crippen LogP contribution < -0.4 is 5.32 Å². The van der Waals surface area contributed by atoms with E-state index < -0.39 is 0 Å². The maximum atomic E-state index is 13.2. The summed E-state index contributed by atoms with van der Waals surface area (Å²) in [5, 5.41) is 11.4. The highest BCUT2D eigenvalue weighted by atomic mass is 19.1. The Labute approximate surface area is 179 Å². The summed E-state index contributed by atoms with van der Waals surface area (Å²) in [6.07, 6.45) is 3.33. The van der Waals surface area contributed by atoms with Gasteiger partial charge in [-0.3, -0.25) is 9.78 Å². The molecule has 4 aromatic rings. The molecule has 0 aliphatic heterocycles. The third-order valence-corrected chi connectivity index (χ3v) is 5.29. The van der Waals surface area contributed by atoms with Gasteiger partial charge in [-0.05, 0) is 73.9 Å². The quantitative estimate of drug-likeness (QED) is 0.518. The molecule has 1 atom stereocenters. The number of benzene rings is 2. The summed E-state index contributed by atoms with van der Waals surface area (Å²) >= 11 is 0. The first-order valence-corrected chi connectivity index (χ1v) is 9.94. The highest BCUT2D eigenvalue weighted by molar-refractivity contribution is 5.98. The summed E-state index contributed by atoms with van der Waals surface area (Å²) in [7, 11) is 0. The van der Waals surface area contributed by atoms with Gasteiger partial charge in [0.1, 0.15) is 11.5 Å². The van der Waals surface area contributed by atoms with Crippen LogP contribution in [0, 0.1) is 19.7 Å². The minimum atomic E-state index is -0.362. The zero-order valence-electron chi connectivity index (χ0n) is 17.5. The van der Waals surface area contributed by atoms with E-state index >= 15 is 0 Å². The topological polar surface area (TPSA) is 72.7 Å². The molecule has 1 N–H and O–H groups in total. The molecule has 2 aromatic carbocycles. The lowest BCUT2D eigenvalue weighted by Gasteiger charge is -2.14. The largest absolute Gasteiger partial charge is 0.344 e. The van der Waals surface area contributed by atoms with Crippen LogP contribution in [0.25, 0.3) is 16.9 Å². The second-order valence-corrected chi connectivity index (χ2v) is 7.45. The molecule has 0 bridgehead atoms. The molecular formula is C24H22FN5O. The van der Waals surface area contributed by atoms with E-state index in [1.807, 2.05) is 51.1 Å². The van der Waals surface area contributed by atoms with Gasteiger partial charge in [0, 0.05) is 18.0 Å². The van der Waals surface area contributed by atoms with E-state index in [1.54, 1.807) is 29.2 Å². The molecule has 6 nitrogen and oxygen atoms in total. The maximum absolute atomic E-state index is 13.2. The van der Waals surface area contributed by atoms with Crippen LogP contribution in [0.5, 0.6) is 0 Å². The van der Waals surface area contributed by atoms with Crippen molar-refractivity contribution in [1.82, 2.24) is 25.3 Å². The zero-order chi connectivity index (χ0) is 22.0. The van der Waals surface area contributed by atoms with Crippen LogP contribution in [0.1, 0.15) is 40.1 Å². The van der Waals surface area contributed by atoms with Gasteiger partial charge in [0.2, 0.25) is 0 Å². The van der Waals surface area contributed by atoms with E-state index in [-0.39, 0.29) is 23.5 Å². The summed E-state index contributed by atoms with van der Waals surface area (Å²) in [5.74, 6) is -0.683.